The van der Waals surface area contributed by atoms with E-state index in [-0.39, 0.29) is 5.92 Å². The Morgan fingerprint density at radius 3 is 2.76 bits per heavy atom. The molecule has 3 rings (SSSR count). The van der Waals surface area contributed by atoms with Crippen LogP contribution in [0.4, 0.5) is 8.78 Å². The monoisotopic (exact) mass is 237 g/mol. The molecule has 1 fully saturated rings. The van der Waals surface area contributed by atoms with Gasteiger partial charge >= 0.3 is 0 Å². The van der Waals surface area contributed by atoms with Crippen molar-refractivity contribution in [2.45, 2.75) is 25.3 Å². The first-order chi connectivity index (χ1) is 8.15. The molecule has 0 amide bonds. The van der Waals surface area contributed by atoms with E-state index in [9.17, 15) is 8.78 Å². The summed E-state index contributed by atoms with van der Waals surface area (Å²) in [5.74, 6) is -0.602. The summed E-state index contributed by atoms with van der Waals surface area (Å²) in [7, 11) is 0. The molecule has 0 radical (unpaired) electrons. The van der Waals surface area contributed by atoms with Gasteiger partial charge in [-0.05, 0) is 19.9 Å². The quantitative estimate of drug-likeness (QED) is 0.799. The Balaban J connectivity index is 2.07. The predicted octanol–water partition coefficient (Wildman–Crippen LogP) is 2.31. The molecule has 1 aliphatic heterocycles. The van der Waals surface area contributed by atoms with Gasteiger partial charge in [0.15, 0.2) is 11.6 Å². The van der Waals surface area contributed by atoms with Crippen LogP contribution in [0.15, 0.2) is 12.1 Å². The molecule has 3 nitrogen and oxygen atoms in total. The Labute approximate surface area is 97.2 Å². The maximum atomic E-state index is 13.1. The molecule has 17 heavy (non-hydrogen) atoms. The Bertz CT molecular complexity index is 525. The highest BCUT2D eigenvalue weighted by Gasteiger charge is 2.27. The van der Waals surface area contributed by atoms with Crippen LogP contribution in [0.3, 0.4) is 0 Å². The molecule has 2 heterocycles. The van der Waals surface area contributed by atoms with Gasteiger partial charge in [0.2, 0.25) is 0 Å². The van der Waals surface area contributed by atoms with E-state index in [1.807, 2.05) is 0 Å². The van der Waals surface area contributed by atoms with Gasteiger partial charge in [-0.3, -0.25) is 0 Å². The van der Waals surface area contributed by atoms with Gasteiger partial charge in [0.25, 0.3) is 0 Å². The molecule has 2 atom stereocenters. The molecular formula is C12H13F2N3. The molecule has 2 N–H and O–H groups in total. The maximum Gasteiger partial charge on any atom is 0.161 e. The average molecular weight is 237 g/mol. The van der Waals surface area contributed by atoms with Crippen LogP contribution in [0.1, 0.15) is 25.1 Å². The van der Waals surface area contributed by atoms with Crippen molar-refractivity contribution >= 4 is 11.0 Å². The first-order valence-electron chi connectivity index (χ1n) is 5.73. The summed E-state index contributed by atoms with van der Waals surface area (Å²) in [6, 6.07) is 2.64. The van der Waals surface area contributed by atoms with Crippen LogP contribution in [0, 0.1) is 11.6 Å². The second kappa shape index (κ2) is 3.77. The topological polar surface area (TPSA) is 40.7 Å². The summed E-state index contributed by atoms with van der Waals surface area (Å²) in [5, 5.41) is 3.33. The SMILES string of the molecule is CC1NCCC1c1nc2cc(F)c(F)cc2[nH]1. The maximum absolute atomic E-state index is 13.1. The van der Waals surface area contributed by atoms with Crippen LogP contribution in [0.5, 0.6) is 0 Å². The molecule has 1 aliphatic rings. The van der Waals surface area contributed by atoms with Gasteiger partial charge in [-0.15, -0.1) is 0 Å². The standard InChI is InChI=1S/C12H13F2N3/c1-6-7(2-3-15-6)12-16-10-4-8(13)9(14)5-11(10)17-12/h4-7,15H,2-3H2,1H3,(H,16,17). The minimum atomic E-state index is -0.854. The lowest BCUT2D eigenvalue weighted by atomic mass is 10.0. The highest BCUT2D eigenvalue weighted by molar-refractivity contribution is 5.75. The van der Waals surface area contributed by atoms with E-state index < -0.39 is 11.6 Å². The van der Waals surface area contributed by atoms with Crippen molar-refractivity contribution < 1.29 is 8.78 Å². The number of H-pyrrole nitrogens is 1. The molecule has 2 unspecified atom stereocenters. The molecular weight excluding hydrogens is 224 g/mol. The van der Waals surface area contributed by atoms with Crippen LogP contribution in [0.25, 0.3) is 11.0 Å². The van der Waals surface area contributed by atoms with Crippen molar-refractivity contribution in [3.8, 4) is 0 Å². The third kappa shape index (κ3) is 1.70. The van der Waals surface area contributed by atoms with E-state index in [1.54, 1.807) is 0 Å². The van der Waals surface area contributed by atoms with E-state index >= 15 is 0 Å². The Kier molecular flexibility index (Phi) is 2.36. The molecule has 2 aromatic rings. The lowest BCUT2D eigenvalue weighted by Crippen LogP contribution is -2.22. The Morgan fingerprint density at radius 1 is 1.29 bits per heavy atom. The van der Waals surface area contributed by atoms with Gasteiger partial charge in [0.05, 0.1) is 11.0 Å². The average Bonchev–Trinajstić information content (AvgIpc) is 2.85. The molecule has 90 valence electrons. The second-order valence-electron chi connectivity index (χ2n) is 4.54. The number of halogens is 2. The number of aromatic amines is 1. The van der Waals surface area contributed by atoms with Gasteiger partial charge in [-0.1, -0.05) is 0 Å². The van der Waals surface area contributed by atoms with Crippen molar-refractivity contribution in [2.24, 2.45) is 0 Å². The summed E-state index contributed by atoms with van der Waals surface area (Å²) in [5.41, 5.74) is 1.04. The van der Waals surface area contributed by atoms with Crippen LogP contribution >= 0.6 is 0 Å². The fraction of sp³-hybridized carbons (Fsp3) is 0.417. The summed E-state index contributed by atoms with van der Waals surface area (Å²) >= 11 is 0. The molecule has 0 aliphatic carbocycles. The molecule has 0 bridgehead atoms. The number of imidazole rings is 1. The number of aromatic nitrogens is 2. The third-order valence-corrected chi connectivity index (χ3v) is 3.42. The number of nitrogens with zero attached hydrogens (tertiary/aromatic N) is 1. The first kappa shape index (κ1) is 10.7. The van der Waals surface area contributed by atoms with Crippen LogP contribution in [0.2, 0.25) is 0 Å². The smallest absolute Gasteiger partial charge is 0.161 e. The molecule has 1 saturated heterocycles. The normalized spacial score (nSPS) is 24.6. The minimum absolute atomic E-state index is 0.286. The molecule has 5 heteroatoms. The van der Waals surface area contributed by atoms with E-state index in [2.05, 4.69) is 22.2 Å². The fourth-order valence-electron chi connectivity index (χ4n) is 2.43. The van der Waals surface area contributed by atoms with E-state index in [4.69, 9.17) is 0 Å². The summed E-state index contributed by atoms with van der Waals surface area (Å²) in [6.07, 6.45) is 0.992. The van der Waals surface area contributed by atoms with Gasteiger partial charge in [0.1, 0.15) is 5.82 Å². The van der Waals surface area contributed by atoms with Gasteiger partial charge in [-0.25, -0.2) is 13.8 Å². The van der Waals surface area contributed by atoms with E-state index in [1.165, 1.54) is 0 Å². The number of hydrogen-bond acceptors (Lipinski definition) is 2. The molecule has 1 aromatic heterocycles. The molecule has 0 spiro atoms. The van der Waals surface area contributed by atoms with Gasteiger partial charge in [0, 0.05) is 24.1 Å². The largest absolute Gasteiger partial charge is 0.342 e. The Hall–Kier alpha value is -1.49. The zero-order valence-electron chi connectivity index (χ0n) is 9.43. The van der Waals surface area contributed by atoms with Crippen molar-refractivity contribution in [3.63, 3.8) is 0 Å². The number of nitrogens with one attached hydrogen (secondary N) is 2. The molecule has 0 saturated carbocycles. The van der Waals surface area contributed by atoms with Crippen LogP contribution in [-0.2, 0) is 0 Å². The number of fused-ring (bicyclic) bond motifs is 1. The van der Waals surface area contributed by atoms with Gasteiger partial charge in [-0.2, -0.15) is 0 Å². The summed E-state index contributed by atoms with van der Waals surface area (Å²) in [6.45, 7) is 3.04. The summed E-state index contributed by atoms with van der Waals surface area (Å²) < 4.78 is 26.1. The summed E-state index contributed by atoms with van der Waals surface area (Å²) in [4.78, 5) is 7.42. The highest BCUT2D eigenvalue weighted by Crippen LogP contribution is 2.27. The first-order valence-corrected chi connectivity index (χ1v) is 5.73. The van der Waals surface area contributed by atoms with E-state index in [0.717, 1.165) is 30.9 Å². The van der Waals surface area contributed by atoms with Crippen molar-refractivity contribution in [1.82, 2.24) is 15.3 Å². The zero-order valence-corrected chi connectivity index (χ0v) is 9.43. The molecule has 1 aromatic carbocycles. The third-order valence-electron chi connectivity index (χ3n) is 3.42. The predicted molar refractivity (Wildman–Crippen MR) is 60.8 cm³/mol. The number of hydrogen-bond donors (Lipinski definition) is 2. The van der Waals surface area contributed by atoms with Gasteiger partial charge < -0.3 is 10.3 Å². The van der Waals surface area contributed by atoms with Crippen LogP contribution < -0.4 is 5.32 Å². The zero-order chi connectivity index (χ0) is 12.0. The van der Waals surface area contributed by atoms with Crippen molar-refractivity contribution in [1.29, 1.82) is 0 Å². The lowest BCUT2D eigenvalue weighted by Gasteiger charge is -2.11. The van der Waals surface area contributed by atoms with E-state index in [0.29, 0.717) is 17.1 Å². The highest BCUT2D eigenvalue weighted by atomic mass is 19.2. The van der Waals surface area contributed by atoms with Crippen molar-refractivity contribution in [2.75, 3.05) is 6.54 Å². The number of benzene rings is 1. The lowest BCUT2D eigenvalue weighted by molar-refractivity contribution is 0.510. The number of rotatable bonds is 1. The minimum Gasteiger partial charge on any atom is -0.342 e. The van der Waals surface area contributed by atoms with Crippen molar-refractivity contribution in [3.05, 3.63) is 29.6 Å². The second-order valence-corrected chi connectivity index (χ2v) is 4.54. The van der Waals surface area contributed by atoms with Crippen LogP contribution in [-0.4, -0.2) is 22.6 Å². The fourth-order valence-corrected chi connectivity index (χ4v) is 2.43. The Morgan fingerprint density at radius 2 is 2.06 bits per heavy atom.